The molecule has 0 saturated carbocycles. The molecule has 0 atom stereocenters. The quantitative estimate of drug-likeness (QED) is 0.506. The number of piperazine rings is 1. The molecule has 0 radical (unpaired) electrons. The molecule has 166 valence electrons. The minimum atomic E-state index is -0.0427. The van der Waals surface area contributed by atoms with Crippen LogP contribution in [0.5, 0.6) is 0 Å². The van der Waals surface area contributed by atoms with E-state index >= 15 is 0 Å². The number of nitrogens with one attached hydrogen (secondary N) is 1. The van der Waals surface area contributed by atoms with Gasteiger partial charge in [-0.1, -0.05) is 54.6 Å². The first kappa shape index (κ1) is 22.4. The number of carbonyl (C=O) groups excluding carboxylic acids is 1. The highest BCUT2D eigenvalue weighted by molar-refractivity contribution is 7.99. The number of rotatable bonds is 7. The summed E-state index contributed by atoms with van der Waals surface area (Å²) in [4.78, 5) is 16.9. The van der Waals surface area contributed by atoms with Crippen LogP contribution in [0.15, 0.2) is 65.7 Å². The summed E-state index contributed by atoms with van der Waals surface area (Å²) in [5.74, 6) is 1.12. The predicted molar refractivity (Wildman–Crippen MR) is 133 cm³/mol. The number of anilines is 3. The third-order valence-electron chi connectivity index (χ3n) is 5.43. The first-order chi connectivity index (χ1) is 15.6. The number of halogens is 1. The number of hydrogen-bond acceptors (Lipinski definition) is 6. The van der Waals surface area contributed by atoms with E-state index in [2.05, 4.69) is 38.3 Å². The van der Waals surface area contributed by atoms with Gasteiger partial charge in [0, 0.05) is 42.6 Å². The van der Waals surface area contributed by atoms with Crippen LogP contribution in [0, 0.1) is 0 Å². The minimum absolute atomic E-state index is 0.0427. The van der Waals surface area contributed by atoms with Gasteiger partial charge in [-0.05, 0) is 48.4 Å². The lowest BCUT2D eigenvalue weighted by atomic mass is 10.1. The lowest BCUT2D eigenvalue weighted by Gasteiger charge is -2.36. The molecule has 1 fully saturated rings. The SMILES string of the molecule is CCc1ccccc1NC(=O)CSc1ccc(N2CCN(c3cccc(Cl)c3)CC2)nn1. The zero-order valence-corrected chi connectivity index (χ0v) is 19.6. The van der Waals surface area contributed by atoms with E-state index < -0.39 is 0 Å². The molecule has 1 aliphatic heterocycles. The highest BCUT2D eigenvalue weighted by Gasteiger charge is 2.19. The van der Waals surface area contributed by atoms with Gasteiger partial charge in [0.25, 0.3) is 0 Å². The molecule has 32 heavy (non-hydrogen) atoms. The van der Waals surface area contributed by atoms with E-state index in [1.165, 1.54) is 11.8 Å². The van der Waals surface area contributed by atoms with Gasteiger partial charge < -0.3 is 15.1 Å². The summed E-state index contributed by atoms with van der Waals surface area (Å²) in [6, 6.07) is 19.8. The van der Waals surface area contributed by atoms with E-state index in [1.54, 1.807) is 0 Å². The smallest absolute Gasteiger partial charge is 0.234 e. The first-order valence-corrected chi connectivity index (χ1v) is 12.1. The molecule has 6 nitrogen and oxygen atoms in total. The van der Waals surface area contributed by atoms with E-state index in [-0.39, 0.29) is 5.91 Å². The molecule has 0 aliphatic carbocycles. The Kier molecular flexibility index (Phi) is 7.50. The summed E-state index contributed by atoms with van der Waals surface area (Å²) in [5, 5.41) is 13.2. The van der Waals surface area contributed by atoms with Crippen LogP contribution in [0.1, 0.15) is 12.5 Å². The normalized spacial score (nSPS) is 13.8. The highest BCUT2D eigenvalue weighted by Crippen LogP contribution is 2.23. The number of thioether (sulfide) groups is 1. The summed E-state index contributed by atoms with van der Waals surface area (Å²) < 4.78 is 0. The van der Waals surface area contributed by atoms with Crippen molar-refractivity contribution in [2.45, 2.75) is 18.4 Å². The molecule has 0 unspecified atom stereocenters. The standard InChI is InChI=1S/C24H26ClN5OS/c1-2-18-6-3-4-9-21(18)26-23(31)17-32-24-11-10-22(27-28-24)30-14-12-29(13-15-30)20-8-5-7-19(25)16-20/h3-11,16H,2,12-15,17H2,1H3,(H,26,31). The number of amides is 1. The van der Waals surface area contributed by atoms with Crippen LogP contribution in [0.4, 0.5) is 17.2 Å². The largest absolute Gasteiger partial charge is 0.368 e. The van der Waals surface area contributed by atoms with Crippen molar-refractivity contribution in [1.29, 1.82) is 0 Å². The molecule has 3 aromatic rings. The molecule has 1 N–H and O–H groups in total. The Morgan fingerprint density at radius 3 is 2.50 bits per heavy atom. The number of carbonyl (C=O) groups is 1. The molecule has 2 aromatic carbocycles. The number of aromatic nitrogens is 2. The van der Waals surface area contributed by atoms with Crippen molar-refractivity contribution in [1.82, 2.24) is 10.2 Å². The predicted octanol–water partition coefficient (Wildman–Crippen LogP) is 4.75. The Labute approximate surface area is 198 Å². The summed E-state index contributed by atoms with van der Waals surface area (Å²) in [5.41, 5.74) is 3.15. The van der Waals surface area contributed by atoms with Gasteiger partial charge in [0.05, 0.1) is 5.75 Å². The van der Waals surface area contributed by atoms with E-state index in [1.807, 2.05) is 54.6 Å². The average molecular weight is 468 g/mol. The van der Waals surface area contributed by atoms with Gasteiger partial charge in [0.15, 0.2) is 5.82 Å². The zero-order chi connectivity index (χ0) is 22.3. The molecule has 0 bridgehead atoms. The molecule has 1 saturated heterocycles. The van der Waals surface area contributed by atoms with Crippen LogP contribution in [0.3, 0.4) is 0 Å². The number of nitrogens with zero attached hydrogens (tertiary/aromatic N) is 4. The maximum atomic E-state index is 12.3. The number of benzene rings is 2. The van der Waals surface area contributed by atoms with E-state index in [0.717, 1.165) is 65.4 Å². The van der Waals surface area contributed by atoms with E-state index in [4.69, 9.17) is 11.6 Å². The Bertz CT molecular complexity index is 1050. The summed E-state index contributed by atoms with van der Waals surface area (Å²) in [6.45, 7) is 5.61. The zero-order valence-electron chi connectivity index (χ0n) is 18.0. The van der Waals surface area contributed by atoms with Crippen molar-refractivity contribution in [2.24, 2.45) is 0 Å². The monoisotopic (exact) mass is 467 g/mol. The first-order valence-electron chi connectivity index (χ1n) is 10.7. The second-order valence-electron chi connectivity index (χ2n) is 7.53. The van der Waals surface area contributed by atoms with Crippen molar-refractivity contribution >= 4 is 46.5 Å². The molecule has 2 heterocycles. The Morgan fingerprint density at radius 2 is 1.78 bits per heavy atom. The van der Waals surface area contributed by atoms with Gasteiger partial charge in [-0.2, -0.15) is 0 Å². The molecule has 8 heteroatoms. The molecule has 1 aromatic heterocycles. The summed E-state index contributed by atoms with van der Waals surface area (Å²) in [7, 11) is 0. The maximum absolute atomic E-state index is 12.3. The van der Waals surface area contributed by atoms with Crippen LogP contribution in [-0.2, 0) is 11.2 Å². The number of para-hydroxylation sites is 1. The average Bonchev–Trinajstić information content (AvgIpc) is 2.83. The van der Waals surface area contributed by atoms with Crippen molar-refractivity contribution < 1.29 is 4.79 Å². The Hall–Kier alpha value is -2.77. The molecule has 1 aliphatic rings. The number of aryl methyl sites for hydroxylation is 1. The van der Waals surface area contributed by atoms with Crippen LogP contribution < -0.4 is 15.1 Å². The van der Waals surface area contributed by atoms with Gasteiger partial charge in [-0.25, -0.2) is 0 Å². The third-order valence-corrected chi connectivity index (χ3v) is 6.58. The van der Waals surface area contributed by atoms with Crippen molar-refractivity contribution in [2.75, 3.05) is 47.0 Å². The molecule has 1 amide bonds. The Morgan fingerprint density at radius 1 is 1.00 bits per heavy atom. The fourth-order valence-electron chi connectivity index (χ4n) is 3.70. The lowest BCUT2D eigenvalue weighted by Crippen LogP contribution is -2.46. The Balaban J connectivity index is 1.27. The molecule has 0 spiro atoms. The topological polar surface area (TPSA) is 61.4 Å². The van der Waals surface area contributed by atoms with Crippen LogP contribution >= 0.6 is 23.4 Å². The minimum Gasteiger partial charge on any atom is -0.368 e. The number of hydrogen-bond donors (Lipinski definition) is 1. The van der Waals surface area contributed by atoms with Gasteiger partial charge in [0.2, 0.25) is 5.91 Å². The van der Waals surface area contributed by atoms with Crippen LogP contribution in [0.2, 0.25) is 5.02 Å². The summed E-state index contributed by atoms with van der Waals surface area (Å²) >= 11 is 7.51. The molecular formula is C24H26ClN5OS. The fraction of sp³-hybridized carbons (Fsp3) is 0.292. The van der Waals surface area contributed by atoms with Crippen LogP contribution in [0.25, 0.3) is 0 Å². The van der Waals surface area contributed by atoms with Crippen molar-refractivity contribution in [3.8, 4) is 0 Å². The van der Waals surface area contributed by atoms with Crippen molar-refractivity contribution in [3.63, 3.8) is 0 Å². The van der Waals surface area contributed by atoms with Crippen molar-refractivity contribution in [3.05, 3.63) is 71.2 Å². The molecular weight excluding hydrogens is 442 g/mol. The van der Waals surface area contributed by atoms with E-state index in [9.17, 15) is 4.79 Å². The van der Waals surface area contributed by atoms with Gasteiger partial charge >= 0.3 is 0 Å². The van der Waals surface area contributed by atoms with E-state index in [0.29, 0.717) is 5.75 Å². The highest BCUT2D eigenvalue weighted by atomic mass is 35.5. The molecule has 4 rings (SSSR count). The third kappa shape index (κ3) is 5.72. The fourth-order valence-corrected chi connectivity index (χ4v) is 4.50. The lowest BCUT2D eigenvalue weighted by molar-refractivity contribution is -0.113. The second-order valence-corrected chi connectivity index (χ2v) is 8.96. The maximum Gasteiger partial charge on any atom is 0.234 e. The van der Waals surface area contributed by atoms with Crippen LogP contribution in [-0.4, -0.2) is 48.0 Å². The van der Waals surface area contributed by atoms with Gasteiger partial charge in [0.1, 0.15) is 5.03 Å². The van der Waals surface area contributed by atoms with Gasteiger partial charge in [-0.3, -0.25) is 4.79 Å². The summed E-state index contributed by atoms with van der Waals surface area (Å²) in [6.07, 6.45) is 0.879. The second kappa shape index (κ2) is 10.7. The van der Waals surface area contributed by atoms with Gasteiger partial charge in [-0.15, -0.1) is 10.2 Å².